The molecule has 0 bridgehead atoms. The van der Waals surface area contributed by atoms with Crippen LogP contribution in [0.4, 0.5) is 0 Å². The Bertz CT molecular complexity index is 202. The van der Waals surface area contributed by atoms with Crippen molar-refractivity contribution in [3.05, 3.63) is 0 Å². The smallest absolute Gasteiger partial charge is 0.162 e. The van der Waals surface area contributed by atoms with Gasteiger partial charge in [0.2, 0.25) is 0 Å². The summed E-state index contributed by atoms with van der Waals surface area (Å²) in [5.74, 6) is 0. The highest BCUT2D eigenvalue weighted by molar-refractivity contribution is 4.97. The molecule has 5 heteroatoms. The lowest BCUT2D eigenvalue weighted by molar-refractivity contribution is -0.189. The minimum absolute atomic E-state index is 0.200. The first-order chi connectivity index (χ1) is 6.14. The molecule has 5 nitrogen and oxygen atoms in total. The van der Waals surface area contributed by atoms with Crippen molar-refractivity contribution in [2.45, 2.75) is 30.9 Å². The molecule has 2 aliphatic heterocycles. The summed E-state index contributed by atoms with van der Waals surface area (Å²) in [5.41, 5.74) is -1.32. The summed E-state index contributed by atoms with van der Waals surface area (Å²) in [6, 6.07) is 0. The molecule has 2 saturated heterocycles. The van der Waals surface area contributed by atoms with Crippen molar-refractivity contribution in [3.8, 4) is 0 Å². The SMILES string of the molecule is OC1CCCN1C1(O)C[N]CC1O. The molecule has 2 fully saturated rings. The van der Waals surface area contributed by atoms with Gasteiger partial charge in [0, 0.05) is 13.1 Å². The second-order valence-corrected chi connectivity index (χ2v) is 3.77. The normalized spacial score (nSPS) is 47.3. The van der Waals surface area contributed by atoms with Crippen LogP contribution in [0.25, 0.3) is 0 Å². The number of aliphatic hydroxyl groups excluding tert-OH is 2. The molecule has 1 radical (unpaired) electrons. The van der Waals surface area contributed by atoms with Crippen LogP contribution in [-0.4, -0.2) is 57.9 Å². The maximum Gasteiger partial charge on any atom is 0.162 e. The Hall–Kier alpha value is -0.200. The second kappa shape index (κ2) is 3.18. The number of likely N-dealkylation sites (tertiary alicyclic amines) is 1. The first kappa shape index (κ1) is 9.36. The third kappa shape index (κ3) is 1.37. The Morgan fingerprint density at radius 2 is 2.15 bits per heavy atom. The highest BCUT2D eigenvalue weighted by Crippen LogP contribution is 2.28. The van der Waals surface area contributed by atoms with E-state index in [-0.39, 0.29) is 13.1 Å². The number of rotatable bonds is 1. The van der Waals surface area contributed by atoms with E-state index in [1.165, 1.54) is 0 Å². The van der Waals surface area contributed by atoms with Crippen molar-refractivity contribution < 1.29 is 15.3 Å². The van der Waals surface area contributed by atoms with E-state index in [0.717, 1.165) is 6.42 Å². The van der Waals surface area contributed by atoms with Crippen LogP contribution in [-0.2, 0) is 0 Å². The molecule has 3 N–H and O–H groups in total. The topological polar surface area (TPSA) is 78.0 Å². The van der Waals surface area contributed by atoms with Crippen molar-refractivity contribution in [1.82, 2.24) is 10.2 Å². The fourth-order valence-electron chi connectivity index (χ4n) is 2.09. The van der Waals surface area contributed by atoms with E-state index in [1.54, 1.807) is 4.90 Å². The standard InChI is InChI=1S/C8H15N2O3/c11-6-4-9-5-8(6,13)10-3-1-2-7(10)12/h6-7,11-13H,1-5H2. The molecule has 75 valence electrons. The molecule has 0 saturated carbocycles. The van der Waals surface area contributed by atoms with Gasteiger partial charge in [-0.1, -0.05) is 0 Å². The van der Waals surface area contributed by atoms with Gasteiger partial charge < -0.3 is 15.3 Å². The average Bonchev–Trinajstić information content (AvgIpc) is 2.62. The lowest BCUT2D eigenvalue weighted by atomic mass is 10.1. The van der Waals surface area contributed by atoms with Gasteiger partial charge in [-0.05, 0) is 12.8 Å². The predicted octanol–water partition coefficient (Wildman–Crippen LogP) is -1.93. The third-order valence-corrected chi connectivity index (χ3v) is 2.90. The maximum absolute atomic E-state index is 10.1. The number of hydrogen-bond acceptors (Lipinski definition) is 4. The van der Waals surface area contributed by atoms with E-state index < -0.39 is 18.1 Å². The monoisotopic (exact) mass is 187 g/mol. The summed E-state index contributed by atoms with van der Waals surface area (Å²) in [4.78, 5) is 1.55. The van der Waals surface area contributed by atoms with Crippen LogP contribution in [0, 0.1) is 0 Å². The van der Waals surface area contributed by atoms with Gasteiger partial charge in [0.15, 0.2) is 5.72 Å². The van der Waals surface area contributed by atoms with Gasteiger partial charge in [0.05, 0.1) is 6.54 Å². The highest BCUT2D eigenvalue weighted by Gasteiger charge is 2.49. The quantitative estimate of drug-likeness (QED) is 0.446. The zero-order valence-electron chi connectivity index (χ0n) is 7.43. The van der Waals surface area contributed by atoms with Crippen LogP contribution < -0.4 is 5.32 Å². The van der Waals surface area contributed by atoms with Gasteiger partial charge in [-0.15, -0.1) is 0 Å². The van der Waals surface area contributed by atoms with Gasteiger partial charge >= 0.3 is 0 Å². The molecule has 0 spiro atoms. The van der Waals surface area contributed by atoms with E-state index >= 15 is 0 Å². The third-order valence-electron chi connectivity index (χ3n) is 2.90. The zero-order chi connectivity index (χ0) is 9.47. The number of hydrogen-bond donors (Lipinski definition) is 3. The van der Waals surface area contributed by atoms with Gasteiger partial charge in [-0.2, -0.15) is 0 Å². The van der Waals surface area contributed by atoms with Gasteiger partial charge in [0.25, 0.3) is 0 Å². The second-order valence-electron chi connectivity index (χ2n) is 3.77. The van der Waals surface area contributed by atoms with E-state index in [2.05, 4.69) is 5.32 Å². The minimum atomic E-state index is -1.32. The first-order valence-corrected chi connectivity index (χ1v) is 4.63. The van der Waals surface area contributed by atoms with E-state index in [0.29, 0.717) is 13.0 Å². The zero-order valence-corrected chi connectivity index (χ0v) is 7.43. The van der Waals surface area contributed by atoms with Crippen molar-refractivity contribution in [3.63, 3.8) is 0 Å². The number of aliphatic hydroxyl groups is 3. The Balaban J connectivity index is 2.13. The molecule has 0 amide bonds. The van der Waals surface area contributed by atoms with Gasteiger partial charge in [-0.25, -0.2) is 10.2 Å². The van der Waals surface area contributed by atoms with Crippen molar-refractivity contribution >= 4 is 0 Å². The minimum Gasteiger partial charge on any atom is -0.387 e. The van der Waals surface area contributed by atoms with Crippen LogP contribution in [0.1, 0.15) is 12.8 Å². The summed E-state index contributed by atoms with van der Waals surface area (Å²) in [6.45, 7) is 1.09. The molecule has 13 heavy (non-hydrogen) atoms. The summed E-state index contributed by atoms with van der Waals surface area (Å²) in [6.07, 6.45) is 0.0267. The largest absolute Gasteiger partial charge is 0.387 e. The van der Waals surface area contributed by atoms with Gasteiger partial charge in [0.1, 0.15) is 12.3 Å². The van der Waals surface area contributed by atoms with Crippen molar-refractivity contribution in [1.29, 1.82) is 0 Å². The molecule has 3 unspecified atom stereocenters. The lowest BCUT2D eigenvalue weighted by Gasteiger charge is -2.37. The highest BCUT2D eigenvalue weighted by atomic mass is 16.4. The van der Waals surface area contributed by atoms with Crippen LogP contribution in [0.3, 0.4) is 0 Å². The van der Waals surface area contributed by atoms with Crippen LogP contribution in [0.2, 0.25) is 0 Å². The maximum atomic E-state index is 10.1. The van der Waals surface area contributed by atoms with Crippen LogP contribution in [0.15, 0.2) is 0 Å². The lowest BCUT2D eigenvalue weighted by Crippen LogP contribution is -2.58. The molecule has 3 atom stereocenters. The molecule has 2 rings (SSSR count). The Morgan fingerprint density at radius 3 is 2.62 bits per heavy atom. The fraction of sp³-hybridized carbons (Fsp3) is 1.00. The predicted molar refractivity (Wildman–Crippen MR) is 44.8 cm³/mol. The molecule has 2 aliphatic rings. The Labute approximate surface area is 77.0 Å². The summed E-state index contributed by atoms with van der Waals surface area (Å²) in [7, 11) is 0. The molecule has 0 aromatic heterocycles. The molecule has 2 heterocycles. The van der Waals surface area contributed by atoms with Crippen LogP contribution in [0.5, 0.6) is 0 Å². The summed E-state index contributed by atoms with van der Waals surface area (Å²) < 4.78 is 0. The first-order valence-electron chi connectivity index (χ1n) is 4.63. The molecular weight excluding hydrogens is 172 g/mol. The Kier molecular flexibility index (Phi) is 2.29. The van der Waals surface area contributed by atoms with E-state index in [9.17, 15) is 15.3 Å². The fourth-order valence-corrected chi connectivity index (χ4v) is 2.09. The molecule has 0 aliphatic carbocycles. The van der Waals surface area contributed by atoms with Crippen molar-refractivity contribution in [2.24, 2.45) is 0 Å². The molecule has 0 aromatic carbocycles. The number of nitrogens with zero attached hydrogens (tertiary/aromatic N) is 2. The summed E-state index contributed by atoms with van der Waals surface area (Å²) >= 11 is 0. The van der Waals surface area contributed by atoms with E-state index in [1.807, 2.05) is 0 Å². The Morgan fingerprint density at radius 1 is 1.38 bits per heavy atom. The molecular formula is C8H15N2O3. The van der Waals surface area contributed by atoms with Crippen LogP contribution >= 0.6 is 0 Å². The van der Waals surface area contributed by atoms with Crippen molar-refractivity contribution in [2.75, 3.05) is 19.6 Å². The van der Waals surface area contributed by atoms with Gasteiger partial charge in [-0.3, -0.25) is 0 Å². The molecule has 0 aromatic rings. The van der Waals surface area contributed by atoms with E-state index in [4.69, 9.17) is 0 Å². The summed E-state index contributed by atoms with van der Waals surface area (Å²) in [5, 5.41) is 33.1. The average molecular weight is 187 g/mol.